The van der Waals surface area contributed by atoms with Gasteiger partial charge in [-0.2, -0.15) is 0 Å². The molecule has 1 aliphatic rings. The second kappa shape index (κ2) is 6.17. The Bertz CT molecular complexity index is 305. The number of ether oxygens (including phenoxy) is 2. The molecule has 0 N–H and O–H groups in total. The van der Waals surface area contributed by atoms with Gasteiger partial charge in [0.05, 0.1) is 26.1 Å². The third-order valence-electron chi connectivity index (χ3n) is 3.21. The van der Waals surface area contributed by atoms with Crippen molar-refractivity contribution in [2.75, 3.05) is 13.2 Å². The summed E-state index contributed by atoms with van der Waals surface area (Å²) >= 11 is 0. The Labute approximate surface area is 103 Å². The summed E-state index contributed by atoms with van der Waals surface area (Å²) in [5, 5.41) is 0. The first kappa shape index (κ1) is 12.6. The molecule has 4 heteroatoms. The molecule has 4 nitrogen and oxygen atoms in total. The molecule has 1 saturated heterocycles. The zero-order valence-corrected chi connectivity index (χ0v) is 10.6. The smallest absolute Gasteiger partial charge is 0.186 e. The van der Waals surface area contributed by atoms with E-state index in [1.807, 2.05) is 17.1 Å². The van der Waals surface area contributed by atoms with Gasteiger partial charge in [0.25, 0.3) is 0 Å². The van der Waals surface area contributed by atoms with Gasteiger partial charge < -0.3 is 14.0 Å². The standard InChI is InChI=1S/C13H22N2O2/c1-2-3-4-5-6-13(16-9-10-17-13)11-15-8-7-14-12-15/h7-8,12H,2-6,9-11H2,1H3. The Hall–Kier alpha value is -0.870. The Morgan fingerprint density at radius 2 is 2.06 bits per heavy atom. The Morgan fingerprint density at radius 1 is 1.24 bits per heavy atom. The number of rotatable bonds is 7. The maximum Gasteiger partial charge on any atom is 0.186 e. The highest BCUT2D eigenvalue weighted by molar-refractivity contribution is 4.81. The minimum absolute atomic E-state index is 0.408. The van der Waals surface area contributed by atoms with Gasteiger partial charge in [-0.05, 0) is 6.42 Å². The van der Waals surface area contributed by atoms with Gasteiger partial charge in [-0.25, -0.2) is 4.98 Å². The molecule has 0 aromatic carbocycles. The molecule has 17 heavy (non-hydrogen) atoms. The molecule has 0 spiro atoms. The Balaban J connectivity index is 1.86. The summed E-state index contributed by atoms with van der Waals surface area (Å²) in [5.74, 6) is -0.408. The number of imidazole rings is 1. The number of aromatic nitrogens is 2. The van der Waals surface area contributed by atoms with Crippen molar-refractivity contribution < 1.29 is 9.47 Å². The van der Waals surface area contributed by atoms with E-state index in [9.17, 15) is 0 Å². The van der Waals surface area contributed by atoms with Gasteiger partial charge >= 0.3 is 0 Å². The zero-order chi connectivity index (χ0) is 12.0. The highest BCUT2D eigenvalue weighted by atomic mass is 16.7. The summed E-state index contributed by atoms with van der Waals surface area (Å²) in [6.07, 6.45) is 11.5. The molecule has 0 atom stereocenters. The number of hydrogen-bond acceptors (Lipinski definition) is 3. The minimum atomic E-state index is -0.408. The average Bonchev–Trinajstić information content (AvgIpc) is 2.98. The SMILES string of the molecule is CCCCCCC1(Cn2ccnc2)OCCO1. The van der Waals surface area contributed by atoms with E-state index in [-0.39, 0.29) is 0 Å². The predicted octanol–water partition coefficient (Wildman–Crippen LogP) is 2.60. The first-order valence-electron chi connectivity index (χ1n) is 6.58. The second-order valence-corrected chi connectivity index (χ2v) is 4.65. The van der Waals surface area contributed by atoms with Crippen molar-refractivity contribution in [1.29, 1.82) is 0 Å². The van der Waals surface area contributed by atoms with Gasteiger partial charge in [-0.15, -0.1) is 0 Å². The summed E-state index contributed by atoms with van der Waals surface area (Å²) in [4.78, 5) is 4.06. The van der Waals surface area contributed by atoms with Crippen LogP contribution < -0.4 is 0 Å². The van der Waals surface area contributed by atoms with Crippen LogP contribution in [0, 0.1) is 0 Å². The van der Waals surface area contributed by atoms with Crippen LogP contribution in [-0.2, 0) is 16.0 Å². The molecule has 1 aliphatic heterocycles. The van der Waals surface area contributed by atoms with Crippen molar-refractivity contribution in [3.05, 3.63) is 18.7 Å². The van der Waals surface area contributed by atoms with Crippen LogP contribution in [0.5, 0.6) is 0 Å². The highest BCUT2D eigenvalue weighted by Crippen LogP contribution is 2.28. The lowest BCUT2D eigenvalue weighted by Crippen LogP contribution is -2.35. The molecule has 0 unspecified atom stereocenters. The van der Waals surface area contributed by atoms with Gasteiger partial charge in [0.1, 0.15) is 0 Å². The molecule has 96 valence electrons. The van der Waals surface area contributed by atoms with Crippen LogP contribution in [0.25, 0.3) is 0 Å². The van der Waals surface area contributed by atoms with Gasteiger partial charge in [-0.3, -0.25) is 0 Å². The van der Waals surface area contributed by atoms with E-state index in [4.69, 9.17) is 9.47 Å². The van der Waals surface area contributed by atoms with Crippen LogP contribution in [0.1, 0.15) is 39.0 Å². The van der Waals surface area contributed by atoms with Crippen LogP contribution in [0.3, 0.4) is 0 Å². The topological polar surface area (TPSA) is 36.3 Å². The van der Waals surface area contributed by atoms with Crippen LogP contribution in [0.2, 0.25) is 0 Å². The van der Waals surface area contributed by atoms with Crippen LogP contribution in [0.4, 0.5) is 0 Å². The molecule has 1 aromatic heterocycles. The summed E-state index contributed by atoms with van der Waals surface area (Å²) < 4.78 is 13.7. The third kappa shape index (κ3) is 3.54. The van der Waals surface area contributed by atoms with Crippen molar-refractivity contribution in [1.82, 2.24) is 9.55 Å². The summed E-state index contributed by atoms with van der Waals surface area (Å²) in [7, 11) is 0. The lowest BCUT2D eigenvalue weighted by molar-refractivity contribution is -0.172. The average molecular weight is 238 g/mol. The second-order valence-electron chi connectivity index (χ2n) is 4.65. The molecular formula is C13H22N2O2. The molecule has 0 saturated carbocycles. The number of unbranched alkanes of at least 4 members (excludes halogenated alkanes) is 3. The quantitative estimate of drug-likeness (QED) is 0.685. The molecule has 1 aromatic rings. The van der Waals surface area contributed by atoms with Crippen molar-refractivity contribution in [3.63, 3.8) is 0 Å². The van der Waals surface area contributed by atoms with Gasteiger partial charge in [0.2, 0.25) is 0 Å². The first-order chi connectivity index (χ1) is 8.35. The van der Waals surface area contributed by atoms with Gasteiger partial charge in [-0.1, -0.05) is 26.2 Å². The third-order valence-corrected chi connectivity index (χ3v) is 3.21. The molecule has 0 bridgehead atoms. The lowest BCUT2D eigenvalue weighted by atomic mass is 10.1. The van der Waals surface area contributed by atoms with E-state index >= 15 is 0 Å². The summed E-state index contributed by atoms with van der Waals surface area (Å²) in [6, 6.07) is 0. The van der Waals surface area contributed by atoms with Crippen LogP contribution in [-0.4, -0.2) is 28.6 Å². The monoisotopic (exact) mass is 238 g/mol. The molecule has 0 amide bonds. The van der Waals surface area contributed by atoms with E-state index in [2.05, 4.69) is 11.9 Å². The van der Waals surface area contributed by atoms with E-state index in [0.717, 1.165) is 13.0 Å². The van der Waals surface area contributed by atoms with Crippen LogP contribution in [0.15, 0.2) is 18.7 Å². The fraction of sp³-hybridized carbons (Fsp3) is 0.769. The zero-order valence-electron chi connectivity index (χ0n) is 10.6. The van der Waals surface area contributed by atoms with Crippen molar-refractivity contribution in [3.8, 4) is 0 Å². The molecule has 0 radical (unpaired) electrons. The van der Waals surface area contributed by atoms with E-state index in [0.29, 0.717) is 13.2 Å². The van der Waals surface area contributed by atoms with E-state index in [1.165, 1.54) is 25.7 Å². The van der Waals surface area contributed by atoms with E-state index < -0.39 is 5.79 Å². The van der Waals surface area contributed by atoms with Gasteiger partial charge in [0, 0.05) is 18.8 Å². The Morgan fingerprint density at radius 3 is 2.71 bits per heavy atom. The minimum Gasteiger partial charge on any atom is -0.346 e. The lowest BCUT2D eigenvalue weighted by Gasteiger charge is -2.27. The van der Waals surface area contributed by atoms with E-state index in [1.54, 1.807) is 6.20 Å². The normalized spacial score (nSPS) is 18.6. The van der Waals surface area contributed by atoms with Crippen LogP contribution >= 0.6 is 0 Å². The fourth-order valence-corrected chi connectivity index (χ4v) is 2.29. The van der Waals surface area contributed by atoms with Gasteiger partial charge in [0.15, 0.2) is 5.79 Å². The highest BCUT2D eigenvalue weighted by Gasteiger charge is 2.36. The maximum absolute atomic E-state index is 5.82. The summed E-state index contributed by atoms with van der Waals surface area (Å²) in [6.45, 7) is 4.40. The molecule has 0 aliphatic carbocycles. The fourth-order valence-electron chi connectivity index (χ4n) is 2.29. The number of nitrogens with zero attached hydrogens (tertiary/aromatic N) is 2. The Kier molecular flexibility index (Phi) is 4.57. The molecular weight excluding hydrogens is 216 g/mol. The van der Waals surface area contributed by atoms with Crippen molar-refractivity contribution >= 4 is 0 Å². The van der Waals surface area contributed by atoms with Crippen molar-refractivity contribution in [2.24, 2.45) is 0 Å². The molecule has 1 fully saturated rings. The summed E-state index contributed by atoms with van der Waals surface area (Å²) in [5.41, 5.74) is 0. The number of hydrogen-bond donors (Lipinski definition) is 0. The maximum atomic E-state index is 5.82. The largest absolute Gasteiger partial charge is 0.346 e. The first-order valence-corrected chi connectivity index (χ1v) is 6.58. The van der Waals surface area contributed by atoms with Crippen molar-refractivity contribution in [2.45, 2.75) is 51.4 Å². The molecule has 2 rings (SSSR count). The molecule has 2 heterocycles. The predicted molar refractivity (Wildman–Crippen MR) is 65.6 cm³/mol.